The van der Waals surface area contributed by atoms with Crippen LogP contribution in [0.15, 0.2) is 24.3 Å². The fraction of sp³-hybridized carbons (Fsp3) is 0.471. The highest BCUT2D eigenvalue weighted by molar-refractivity contribution is 7.21. The Bertz CT molecular complexity index is 640. The number of nitrogens with one attached hydrogen (secondary N) is 1. The molecule has 114 valence electrons. The zero-order valence-corrected chi connectivity index (χ0v) is 13.9. The van der Waals surface area contributed by atoms with Gasteiger partial charge in [-0.3, -0.25) is 0 Å². The minimum Gasteiger partial charge on any atom is -0.477 e. The zero-order valence-electron chi connectivity index (χ0n) is 13.1. The molecule has 0 aliphatic carbocycles. The van der Waals surface area contributed by atoms with Gasteiger partial charge in [0, 0.05) is 11.2 Å². The van der Waals surface area contributed by atoms with Gasteiger partial charge in [0.05, 0.1) is 0 Å². The molecule has 0 saturated heterocycles. The van der Waals surface area contributed by atoms with E-state index in [1.165, 1.54) is 11.3 Å². The summed E-state index contributed by atoms with van der Waals surface area (Å²) in [5, 5.41) is 13.9. The highest BCUT2D eigenvalue weighted by Crippen LogP contribution is 2.31. The lowest BCUT2D eigenvalue weighted by Crippen LogP contribution is -2.29. The minimum absolute atomic E-state index is 0.249. The number of hydrogen-bond donors (Lipinski definition) is 2. The maximum Gasteiger partial charge on any atom is 0.346 e. The largest absolute Gasteiger partial charge is 0.477 e. The molecule has 2 aromatic rings. The van der Waals surface area contributed by atoms with Crippen molar-refractivity contribution in [3.05, 3.63) is 34.7 Å². The number of carboxylic acids is 1. The maximum absolute atomic E-state index is 11.4. The van der Waals surface area contributed by atoms with Crippen LogP contribution in [0.2, 0.25) is 0 Å². The van der Waals surface area contributed by atoms with E-state index in [0.29, 0.717) is 17.3 Å². The van der Waals surface area contributed by atoms with Gasteiger partial charge in [0.15, 0.2) is 0 Å². The van der Waals surface area contributed by atoms with Crippen LogP contribution in [0.3, 0.4) is 0 Å². The molecule has 0 aliphatic heterocycles. The number of thiophene rings is 1. The van der Waals surface area contributed by atoms with E-state index in [9.17, 15) is 9.90 Å². The Morgan fingerprint density at radius 2 is 2.00 bits per heavy atom. The van der Waals surface area contributed by atoms with E-state index in [0.717, 1.165) is 22.2 Å². The van der Waals surface area contributed by atoms with E-state index in [2.05, 4.69) is 33.0 Å². The Balaban J connectivity index is 2.18. The first-order chi connectivity index (χ1) is 9.80. The molecule has 1 aromatic heterocycles. The van der Waals surface area contributed by atoms with Gasteiger partial charge in [-0.15, -0.1) is 11.3 Å². The van der Waals surface area contributed by atoms with Crippen molar-refractivity contribution in [2.45, 2.75) is 34.2 Å². The van der Waals surface area contributed by atoms with Crippen molar-refractivity contribution in [1.82, 2.24) is 5.32 Å². The summed E-state index contributed by atoms with van der Waals surface area (Å²) < 4.78 is 1.04. The van der Waals surface area contributed by atoms with Crippen LogP contribution in [-0.4, -0.2) is 17.6 Å². The quantitative estimate of drug-likeness (QED) is 0.862. The van der Waals surface area contributed by atoms with Crippen molar-refractivity contribution in [2.24, 2.45) is 11.3 Å². The SMILES string of the molecule is CC(CNCc1c(C(=O)O)sc2ccccc12)C(C)(C)C. The van der Waals surface area contributed by atoms with Crippen LogP contribution < -0.4 is 5.32 Å². The molecule has 1 aromatic carbocycles. The molecule has 21 heavy (non-hydrogen) atoms. The highest BCUT2D eigenvalue weighted by Gasteiger charge is 2.21. The summed E-state index contributed by atoms with van der Waals surface area (Å²) in [4.78, 5) is 11.9. The molecule has 0 radical (unpaired) electrons. The van der Waals surface area contributed by atoms with E-state index >= 15 is 0 Å². The molecule has 4 heteroatoms. The number of rotatable bonds is 5. The Hall–Kier alpha value is -1.39. The number of fused-ring (bicyclic) bond motifs is 1. The van der Waals surface area contributed by atoms with Gasteiger partial charge in [0.1, 0.15) is 4.88 Å². The van der Waals surface area contributed by atoms with Crippen molar-refractivity contribution in [2.75, 3.05) is 6.54 Å². The lowest BCUT2D eigenvalue weighted by Gasteiger charge is -2.27. The lowest BCUT2D eigenvalue weighted by atomic mass is 9.82. The van der Waals surface area contributed by atoms with Gasteiger partial charge in [0.2, 0.25) is 0 Å². The van der Waals surface area contributed by atoms with Crippen molar-refractivity contribution in [3.8, 4) is 0 Å². The van der Waals surface area contributed by atoms with Gasteiger partial charge in [-0.2, -0.15) is 0 Å². The molecule has 0 amide bonds. The number of aromatic carboxylic acids is 1. The second kappa shape index (κ2) is 6.16. The zero-order chi connectivity index (χ0) is 15.6. The van der Waals surface area contributed by atoms with Gasteiger partial charge in [-0.1, -0.05) is 45.9 Å². The molecule has 0 bridgehead atoms. The number of carbonyl (C=O) groups is 1. The van der Waals surface area contributed by atoms with Crippen molar-refractivity contribution < 1.29 is 9.90 Å². The average Bonchev–Trinajstić information content (AvgIpc) is 2.77. The molecule has 1 atom stereocenters. The van der Waals surface area contributed by atoms with E-state index < -0.39 is 5.97 Å². The molecule has 1 heterocycles. The third-order valence-corrected chi connectivity index (χ3v) is 5.32. The molecule has 2 rings (SSSR count). The predicted octanol–water partition coefficient (Wildman–Crippen LogP) is 4.37. The molecule has 3 nitrogen and oxygen atoms in total. The topological polar surface area (TPSA) is 49.3 Å². The first-order valence-corrected chi connectivity index (χ1v) is 8.06. The third-order valence-electron chi connectivity index (χ3n) is 4.12. The third kappa shape index (κ3) is 3.63. The van der Waals surface area contributed by atoms with Crippen molar-refractivity contribution in [3.63, 3.8) is 0 Å². The Labute approximate surface area is 130 Å². The number of carboxylic acid groups (broad SMARTS) is 1. The average molecular weight is 305 g/mol. The molecular weight excluding hydrogens is 282 g/mol. The van der Waals surface area contributed by atoms with Crippen LogP contribution in [0, 0.1) is 11.3 Å². The standard InChI is InChI=1S/C17H23NO2S/c1-11(17(2,3)4)9-18-10-13-12-7-5-6-8-14(12)21-15(13)16(19)20/h5-8,11,18H,9-10H2,1-4H3,(H,19,20). The predicted molar refractivity (Wildman–Crippen MR) is 89.1 cm³/mol. The smallest absolute Gasteiger partial charge is 0.346 e. The van der Waals surface area contributed by atoms with Gasteiger partial charge < -0.3 is 10.4 Å². The lowest BCUT2D eigenvalue weighted by molar-refractivity contribution is 0.0701. The monoisotopic (exact) mass is 305 g/mol. The van der Waals surface area contributed by atoms with E-state index in [-0.39, 0.29) is 5.41 Å². The fourth-order valence-electron chi connectivity index (χ4n) is 2.17. The van der Waals surface area contributed by atoms with Crippen LogP contribution in [0.25, 0.3) is 10.1 Å². The van der Waals surface area contributed by atoms with Crippen LogP contribution in [0.1, 0.15) is 42.9 Å². The summed E-state index contributed by atoms with van der Waals surface area (Å²) in [6, 6.07) is 7.89. The fourth-order valence-corrected chi connectivity index (χ4v) is 3.23. The minimum atomic E-state index is -0.836. The molecular formula is C17H23NO2S. The van der Waals surface area contributed by atoms with Crippen molar-refractivity contribution in [1.29, 1.82) is 0 Å². The van der Waals surface area contributed by atoms with Gasteiger partial charge in [-0.25, -0.2) is 4.79 Å². The molecule has 0 fully saturated rings. The van der Waals surface area contributed by atoms with Crippen LogP contribution in [-0.2, 0) is 6.54 Å². The first-order valence-electron chi connectivity index (χ1n) is 7.25. The van der Waals surface area contributed by atoms with Gasteiger partial charge in [-0.05, 0) is 34.9 Å². The van der Waals surface area contributed by atoms with Crippen LogP contribution in [0.4, 0.5) is 0 Å². The Morgan fingerprint density at radius 1 is 1.33 bits per heavy atom. The number of hydrogen-bond acceptors (Lipinski definition) is 3. The van der Waals surface area contributed by atoms with Crippen LogP contribution in [0.5, 0.6) is 0 Å². The maximum atomic E-state index is 11.4. The highest BCUT2D eigenvalue weighted by atomic mass is 32.1. The Morgan fingerprint density at radius 3 is 2.62 bits per heavy atom. The molecule has 0 spiro atoms. The van der Waals surface area contributed by atoms with Crippen molar-refractivity contribution >= 4 is 27.4 Å². The van der Waals surface area contributed by atoms with E-state index in [4.69, 9.17) is 0 Å². The molecule has 0 saturated carbocycles. The second-order valence-corrected chi connectivity index (χ2v) is 7.66. The second-order valence-electron chi connectivity index (χ2n) is 6.61. The molecule has 1 unspecified atom stereocenters. The summed E-state index contributed by atoms with van der Waals surface area (Å²) in [7, 11) is 0. The van der Waals surface area contributed by atoms with Gasteiger partial charge in [0.25, 0.3) is 0 Å². The van der Waals surface area contributed by atoms with Crippen LogP contribution >= 0.6 is 11.3 Å². The summed E-state index contributed by atoms with van der Waals surface area (Å²) in [5.74, 6) is -0.312. The summed E-state index contributed by atoms with van der Waals surface area (Å²) >= 11 is 1.36. The summed E-state index contributed by atoms with van der Waals surface area (Å²) in [6.07, 6.45) is 0. The molecule has 0 aliphatic rings. The summed E-state index contributed by atoms with van der Waals surface area (Å²) in [6.45, 7) is 10.4. The van der Waals surface area contributed by atoms with E-state index in [1.54, 1.807) is 0 Å². The summed E-state index contributed by atoms with van der Waals surface area (Å²) in [5.41, 5.74) is 1.16. The normalized spacial score (nSPS) is 13.5. The number of benzene rings is 1. The Kier molecular flexibility index (Phi) is 4.69. The first kappa shape index (κ1) is 16.0. The van der Waals surface area contributed by atoms with Gasteiger partial charge >= 0.3 is 5.97 Å². The van der Waals surface area contributed by atoms with E-state index in [1.807, 2.05) is 24.3 Å². The molecule has 2 N–H and O–H groups in total.